The number of aromatic nitrogens is 1. The number of hydrogen-bond acceptors (Lipinski definition) is 4. The van der Waals surface area contributed by atoms with Crippen molar-refractivity contribution in [2.45, 2.75) is 38.9 Å². The summed E-state index contributed by atoms with van der Waals surface area (Å²) >= 11 is 0. The fourth-order valence-electron chi connectivity index (χ4n) is 1.61. The van der Waals surface area contributed by atoms with Gasteiger partial charge in [-0.2, -0.15) is 0 Å². The van der Waals surface area contributed by atoms with Gasteiger partial charge in [0.2, 0.25) is 5.88 Å². The Kier molecular flexibility index (Phi) is 2.10. The van der Waals surface area contributed by atoms with Gasteiger partial charge in [0, 0.05) is 12.3 Å². The van der Waals surface area contributed by atoms with E-state index in [-0.39, 0.29) is 5.88 Å². The van der Waals surface area contributed by atoms with Gasteiger partial charge in [-0.25, -0.2) is 4.98 Å². The predicted molar refractivity (Wildman–Crippen MR) is 66.5 cm³/mol. The number of pyridine rings is 1. The van der Waals surface area contributed by atoms with E-state index in [1.165, 1.54) is 12.3 Å². The highest BCUT2D eigenvalue weighted by Gasteiger charge is 2.51. The summed E-state index contributed by atoms with van der Waals surface area (Å²) in [7, 11) is -3.09. The average Bonchev–Trinajstić information content (AvgIpc) is 2.46. The first-order valence-electron chi connectivity index (χ1n) is 7.01. The highest BCUT2D eigenvalue weighted by molar-refractivity contribution is 6.62. The first-order chi connectivity index (χ1) is 9.00. The third kappa shape index (κ3) is 2.17. The second-order valence-corrected chi connectivity index (χ2v) is 5.12. The quantitative estimate of drug-likeness (QED) is 0.577. The van der Waals surface area contributed by atoms with Crippen molar-refractivity contribution in [1.82, 2.24) is 4.98 Å². The lowest BCUT2D eigenvalue weighted by molar-refractivity contribution is 0.00578. The summed E-state index contributed by atoms with van der Waals surface area (Å²) in [5.41, 5.74) is -0.226. The molecule has 1 aromatic rings. The van der Waals surface area contributed by atoms with E-state index in [0.717, 1.165) is 0 Å². The van der Waals surface area contributed by atoms with Crippen LogP contribution >= 0.6 is 0 Å². The number of ether oxygens (including phenoxy) is 1. The number of nitrogens with zero attached hydrogens (tertiary/aromatic N) is 1. The summed E-state index contributed by atoms with van der Waals surface area (Å²) < 4.78 is 37.8. The van der Waals surface area contributed by atoms with Gasteiger partial charge in [-0.1, -0.05) is 0 Å². The monoisotopic (exact) mass is 239 g/mol. The summed E-state index contributed by atoms with van der Waals surface area (Å²) in [5.74, 6) is 0.0252. The molecule has 92 valence electrons. The minimum Gasteiger partial charge on any atom is -0.481 e. The van der Waals surface area contributed by atoms with E-state index >= 15 is 0 Å². The summed E-state index contributed by atoms with van der Waals surface area (Å²) in [6.45, 7) is 7.81. The van der Waals surface area contributed by atoms with Gasteiger partial charge < -0.3 is 14.0 Å². The van der Waals surface area contributed by atoms with Crippen molar-refractivity contribution in [1.29, 1.82) is 0 Å². The van der Waals surface area contributed by atoms with Crippen LogP contribution in [0.25, 0.3) is 0 Å². The van der Waals surface area contributed by atoms with Crippen LogP contribution in [0.5, 0.6) is 5.88 Å². The fourth-order valence-corrected chi connectivity index (χ4v) is 1.61. The van der Waals surface area contributed by atoms with Crippen LogP contribution < -0.4 is 10.2 Å². The maximum Gasteiger partial charge on any atom is 0.495 e. The summed E-state index contributed by atoms with van der Waals surface area (Å²) in [6, 6.07) is 3.24. The van der Waals surface area contributed by atoms with E-state index in [1.54, 1.807) is 6.07 Å². The van der Waals surface area contributed by atoms with Gasteiger partial charge in [0.25, 0.3) is 0 Å². The molecule has 0 radical (unpaired) electrons. The molecule has 1 aliphatic rings. The maximum atomic E-state index is 7.08. The minimum atomic E-state index is -2.53. The lowest BCUT2D eigenvalue weighted by atomic mass is 9.80. The Hall–Kier alpha value is -1.07. The van der Waals surface area contributed by atoms with Crippen molar-refractivity contribution in [2.75, 3.05) is 7.04 Å². The maximum absolute atomic E-state index is 7.08. The number of methoxy groups -OCH3 is 1. The molecule has 5 heteroatoms. The second kappa shape index (κ2) is 4.00. The van der Waals surface area contributed by atoms with E-state index in [0.29, 0.717) is 5.46 Å². The third-order valence-corrected chi connectivity index (χ3v) is 3.39. The predicted octanol–water partition coefficient (Wildman–Crippen LogP) is 1.39. The van der Waals surface area contributed by atoms with Crippen LogP contribution in [0, 0.1) is 0 Å². The van der Waals surface area contributed by atoms with Crippen molar-refractivity contribution >= 4 is 12.6 Å². The van der Waals surface area contributed by atoms with E-state index < -0.39 is 25.4 Å². The van der Waals surface area contributed by atoms with Crippen LogP contribution in [-0.2, 0) is 9.31 Å². The molecule has 2 rings (SSSR count). The van der Waals surface area contributed by atoms with Crippen molar-refractivity contribution < 1.29 is 18.2 Å². The van der Waals surface area contributed by atoms with Crippen molar-refractivity contribution in [3.05, 3.63) is 18.3 Å². The van der Waals surface area contributed by atoms with E-state index in [2.05, 4.69) is 4.98 Å². The smallest absolute Gasteiger partial charge is 0.481 e. The normalized spacial score (nSPS) is 24.9. The summed E-state index contributed by atoms with van der Waals surface area (Å²) in [6.07, 6.45) is 1.47. The lowest BCUT2D eigenvalue weighted by Gasteiger charge is -2.32. The van der Waals surface area contributed by atoms with Crippen molar-refractivity contribution in [3.63, 3.8) is 0 Å². The van der Waals surface area contributed by atoms with Crippen LogP contribution in [0.2, 0.25) is 0 Å². The Morgan fingerprint density at radius 2 is 1.94 bits per heavy atom. The van der Waals surface area contributed by atoms with Crippen molar-refractivity contribution in [2.24, 2.45) is 0 Å². The minimum absolute atomic E-state index is 0.0252. The molecular formula is C12H18BNO3. The molecule has 0 saturated carbocycles. The molecule has 0 bridgehead atoms. The largest absolute Gasteiger partial charge is 0.495 e. The molecule has 1 aromatic heterocycles. The molecule has 0 N–H and O–H groups in total. The Morgan fingerprint density at radius 3 is 2.53 bits per heavy atom. The van der Waals surface area contributed by atoms with Gasteiger partial charge >= 0.3 is 7.12 Å². The Morgan fingerprint density at radius 1 is 1.29 bits per heavy atom. The van der Waals surface area contributed by atoms with Crippen molar-refractivity contribution in [3.8, 4) is 5.88 Å². The van der Waals surface area contributed by atoms with Crippen LogP contribution in [0.1, 0.15) is 31.8 Å². The molecule has 1 aliphatic heterocycles. The molecule has 0 amide bonds. The fraction of sp³-hybridized carbons (Fsp3) is 0.583. The van der Waals surface area contributed by atoms with Crippen LogP contribution in [0.4, 0.5) is 0 Å². The molecule has 1 fully saturated rings. The second-order valence-electron chi connectivity index (χ2n) is 5.12. The molecule has 0 aliphatic carbocycles. The highest BCUT2D eigenvalue weighted by Crippen LogP contribution is 2.36. The van der Waals surface area contributed by atoms with Gasteiger partial charge in [-0.15, -0.1) is 0 Å². The van der Waals surface area contributed by atoms with Crippen LogP contribution in [-0.4, -0.2) is 30.3 Å². The van der Waals surface area contributed by atoms with Gasteiger partial charge in [-0.05, 0) is 39.2 Å². The SMILES string of the molecule is [2H][13C]([2H])([2H])Oc1cc(B2OC(C)(C)C(C)(C)O2)ccn1. The van der Waals surface area contributed by atoms with Gasteiger partial charge in [-0.3, -0.25) is 0 Å². The molecule has 4 nitrogen and oxygen atoms in total. The van der Waals surface area contributed by atoms with Gasteiger partial charge in [0.1, 0.15) is 0 Å². The molecule has 17 heavy (non-hydrogen) atoms. The zero-order valence-electron chi connectivity index (χ0n) is 13.5. The first-order valence-corrected chi connectivity index (χ1v) is 5.51. The Balaban J connectivity index is 2.21. The standard InChI is InChI=1S/C12H18BNO3/c1-11(2)12(3,4)17-13(16-11)9-6-7-14-10(8-9)15-5/h6-8H,1-5H3/i5+1D3. The highest BCUT2D eigenvalue weighted by atomic mass is 16.7. The molecule has 1 saturated heterocycles. The molecule has 0 aromatic carbocycles. The summed E-state index contributed by atoms with van der Waals surface area (Å²) in [4.78, 5) is 3.88. The molecular weight excluding hydrogens is 218 g/mol. The molecule has 0 atom stereocenters. The zero-order chi connectivity index (χ0) is 15.2. The summed E-state index contributed by atoms with van der Waals surface area (Å²) in [5, 5.41) is 0. The number of hydrogen-bond donors (Lipinski definition) is 0. The zero-order valence-corrected chi connectivity index (χ0v) is 10.5. The molecule has 0 spiro atoms. The number of rotatable bonds is 2. The van der Waals surface area contributed by atoms with E-state index in [4.69, 9.17) is 18.2 Å². The topological polar surface area (TPSA) is 40.6 Å². The van der Waals surface area contributed by atoms with Gasteiger partial charge in [0.15, 0.2) is 0 Å². The Labute approximate surface area is 107 Å². The van der Waals surface area contributed by atoms with Gasteiger partial charge in [0.05, 0.1) is 22.4 Å². The van der Waals surface area contributed by atoms with Crippen LogP contribution in [0.15, 0.2) is 18.3 Å². The van der Waals surface area contributed by atoms with Crippen LogP contribution in [0.3, 0.4) is 0 Å². The lowest BCUT2D eigenvalue weighted by Crippen LogP contribution is -2.41. The molecule has 2 heterocycles. The Bertz CT molecular complexity index is 489. The first kappa shape index (κ1) is 8.94. The average molecular weight is 239 g/mol. The third-order valence-electron chi connectivity index (χ3n) is 3.39. The van der Waals surface area contributed by atoms with E-state index in [9.17, 15) is 0 Å². The van der Waals surface area contributed by atoms with E-state index in [1.807, 2.05) is 27.7 Å². The molecule has 0 unspecified atom stereocenters.